The van der Waals surface area contributed by atoms with E-state index in [4.69, 9.17) is 4.74 Å². The molecule has 0 atom stereocenters. The van der Waals surface area contributed by atoms with Crippen molar-refractivity contribution in [1.29, 1.82) is 0 Å². The molecular weight excluding hydrogens is 354 g/mol. The molecule has 0 saturated carbocycles. The quantitative estimate of drug-likeness (QED) is 0.470. The number of hydrazone groups is 1. The van der Waals surface area contributed by atoms with Crippen molar-refractivity contribution in [3.8, 4) is 0 Å². The smallest absolute Gasteiger partial charge is 0.293 e. The summed E-state index contributed by atoms with van der Waals surface area (Å²) < 4.78 is 5.28. The van der Waals surface area contributed by atoms with E-state index in [1.807, 2.05) is 4.90 Å². The fourth-order valence-electron chi connectivity index (χ4n) is 2.68. The van der Waals surface area contributed by atoms with Crippen LogP contribution in [0.2, 0.25) is 0 Å². The van der Waals surface area contributed by atoms with Crippen LogP contribution in [0.25, 0.3) is 0 Å². The van der Waals surface area contributed by atoms with Gasteiger partial charge < -0.3 is 9.64 Å². The van der Waals surface area contributed by atoms with Gasteiger partial charge in [0.1, 0.15) is 5.69 Å². The number of hydrogen-bond acceptors (Lipinski definition) is 8. The molecule has 1 heterocycles. The minimum atomic E-state index is -0.484. The van der Waals surface area contributed by atoms with E-state index in [0.717, 1.165) is 0 Å². The molecule has 0 radical (unpaired) electrons. The summed E-state index contributed by atoms with van der Waals surface area (Å²) in [6.07, 6.45) is 1.46. The maximum atomic E-state index is 11.4. The number of hydrogen-bond donors (Lipinski definition) is 1. The third-order valence-electron chi connectivity index (χ3n) is 4.03. The molecule has 0 amide bonds. The molecule has 0 aromatic heterocycles. The lowest BCUT2D eigenvalue weighted by atomic mass is 10.1. The van der Waals surface area contributed by atoms with Gasteiger partial charge in [-0.15, -0.1) is 0 Å². The zero-order chi connectivity index (χ0) is 19.2. The lowest BCUT2D eigenvalue weighted by Crippen LogP contribution is -2.36. The molecule has 1 fully saturated rings. The number of benzene rings is 2. The third-order valence-corrected chi connectivity index (χ3v) is 4.03. The molecule has 1 N–H and O–H groups in total. The zero-order valence-corrected chi connectivity index (χ0v) is 14.3. The number of nitro groups is 2. The summed E-state index contributed by atoms with van der Waals surface area (Å²) >= 11 is 0. The normalized spacial score (nSPS) is 14.3. The Labute approximate surface area is 154 Å². The molecule has 1 aliphatic rings. The lowest BCUT2D eigenvalue weighted by Gasteiger charge is -2.28. The summed E-state index contributed by atoms with van der Waals surface area (Å²) in [6, 6.07) is 10.7. The second-order valence-corrected chi connectivity index (χ2v) is 5.78. The molecule has 2 aromatic carbocycles. The van der Waals surface area contributed by atoms with Crippen molar-refractivity contribution in [3.63, 3.8) is 0 Å². The maximum Gasteiger partial charge on any atom is 0.293 e. The molecule has 2 aromatic rings. The van der Waals surface area contributed by atoms with E-state index in [0.29, 0.717) is 43.2 Å². The van der Waals surface area contributed by atoms with Crippen molar-refractivity contribution in [2.45, 2.75) is 0 Å². The van der Waals surface area contributed by atoms with Crippen LogP contribution in [0.1, 0.15) is 5.56 Å². The van der Waals surface area contributed by atoms with Crippen LogP contribution in [0, 0.1) is 20.2 Å². The van der Waals surface area contributed by atoms with Crippen molar-refractivity contribution in [2.75, 3.05) is 36.6 Å². The van der Waals surface area contributed by atoms with Gasteiger partial charge in [-0.2, -0.15) is 5.10 Å². The molecule has 0 bridgehead atoms. The number of nitro benzene ring substituents is 2. The van der Waals surface area contributed by atoms with Gasteiger partial charge in [0.15, 0.2) is 0 Å². The van der Waals surface area contributed by atoms with Crippen LogP contribution in [0.15, 0.2) is 47.6 Å². The number of ether oxygens (including phenoxy) is 1. The van der Waals surface area contributed by atoms with E-state index in [2.05, 4.69) is 10.5 Å². The first-order chi connectivity index (χ1) is 13.0. The Morgan fingerprint density at radius 2 is 1.74 bits per heavy atom. The molecule has 1 aliphatic heterocycles. The molecule has 0 unspecified atom stereocenters. The zero-order valence-electron chi connectivity index (χ0n) is 14.3. The molecule has 3 rings (SSSR count). The number of anilines is 2. The summed E-state index contributed by atoms with van der Waals surface area (Å²) in [5.74, 6) is 0. The van der Waals surface area contributed by atoms with Crippen LogP contribution >= 0.6 is 0 Å². The van der Waals surface area contributed by atoms with Crippen molar-refractivity contribution < 1.29 is 14.6 Å². The van der Waals surface area contributed by atoms with Crippen molar-refractivity contribution >= 4 is 29.0 Å². The topological polar surface area (TPSA) is 123 Å². The van der Waals surface area contributed by atoms with Crippen LogP contribution in [-0.4, -0.2) is 42.4 Å². The Hall–Kier alpha value is -3.53. The summed E-state index contributed by atoms with van der Waals surface area (Å²) in [6.45, 7) is 2.30. The minimum absolute atomic E-state index is 0.0104. The molecule has 140 valence electrons. The molecule has 10 nitrogen and oxygen atoms in total. The highest BCUT2D eigenvalue weighted by Crippen LogP contribution is 2.29. The van der Waals surface area contributed by atoms with Gasteiger partial charge >= 0.3 is 0 Å². The van der Waals surface area contributed by atoms with Gasteiger partial charge in [-0.25, -0.2) is 0 Å². The van der Waals surface area contributed by atoms with Gasteiger partial charge in [-0.1, -0.05) is 6.07 Å². The fraction of sp³-hybridized carbons (Fsp3) is 0.235. The summed E-state index contributed by atoms with van der Waals surface area (Å²) in [5, 5.41) is 26.1. The van der Waals surface area contributed by atoms with Gasteiger partial charge in [-0.3, -0.25) is 25.7 Å². The van der Waals surface area contributed by atoms with E-state index in [-0.39, 0.29) is 11.4 Å². The Morgan fingerprint density at radius 3 is 2.37 bits per heavy atom. The van der Waals surface area contributed by atoms with E-state index < -0.39 is 9.85 Å². The average Bonchev–Trinajstić information content (AvgIpc) is 2.69. The maximum absolute atomic E-state index is 11.4. The molecule has 0 spiro atoms. The second-order valence-electron chi connectivity index (χ2n) is 5.78. The van der Waals surface area contributed by atoms with Crippen LogP contribution in [-0.2, 0) is 4.74 Å². The van der Waals surface area contributed by atoms with Crippen LogP contribution in [0.4, 0.5) is 22.7 Å². The monoisotopic (exact) mass is 371 g/mol. The third kappa shape index (κ3) is 4.55. The van der Waals surface area contributed by atoms with Gasteiger partial charge in [-0.05, 0) is 18.2 Å². The van der Waals surface area contributed by atoms with Gasteiger partial charge in [0.25, 0.3) is 11.4 Å². The second kappa shape index (κ2) is 8.23. The highest BCUT2D eigenvalue weighted by Gasteiger charge is 2.21. The first-order valence-corrected chi connectivity index (χ1v) is 8.19. The Bertz CT molecular complexity index is 863. The number of nitrogens with one attached hydrogen (secondary N) is 1. The SMILES string of the molecule is O=[N+]([O-])c1ccc(N/N=C\c2ccc(N3CCOCC3)c([N+](=O)[O-])c2)cc1. The Morgan fingerprint density at radius 1 is 1.04 bits per heavy atom. The summed E-state index contributed by atoms with van der Waals surface area (Å²) in [7, 11) is 0. The molecule has 10 heteroatoms. The van der Waals surface area contributed by atoms with Crippen molar-refractivity contribution in [1.82, 2.24) is 0 Å². The average molecular weight is 371 g/mol. The molecule has 0 aliphatic carbocycles. The van der Waals surface area contributed by atoms with Gasteiger partial charge in [0.05, 0.1) is 35.0 Å². The van der Waals surface area contributed by atoms with Crippen LogP contribution in [0.5, 0.6) is 0 Å². The van der Waals surface area contributed by atoms with E-state index >= 15 is 0 Å². The van der Waals surface area contributed by atoms with E-state index in [1.54, 1.807) is 12.1 Å². The van der Waals surface area contributed by atoms with Crippen molar-refractivity contribution in [3.05, 3.63) is 68.3 Å². The summed E-state index contributed by atoms with van der Waals surface area (Å²) in [4.78, 5) is 23.1. The molecule has 1 saturated heterocycles. The largest absolute Gasteiger partial charge is 0.378 e. The Kier molecular flexibility index (Phi) is 5.57. The number of rotatable bonds is 6. The highest BCUT2D eigenvalue weighted by atomic mass is 16.6. The van der Waals surface area contributed by atoms with Gasteiger partial charge in [0.2, 0.25) is 0 Å². The minimum Gasteiger partial charge on any atom is -0.378 e. The van der Waals surface area contributed by atoms with Crippen molar-refractivity contribution in [2.24, 2.45) is 5.10 Å². The Balaban J connectivity index is 1.72. The standard InChI is InChI=1S/C17H17N5O5/c23-21(24)15-4-2-14(3-5-15)19-18-12-13-1-6-16(17(11-13)22(25)26)20-7-9-27-10-8-20/h1-6,11-12,19H,7-10H2/b18-12-. The molecular formula is C17H17N5O5. The van der Waals surface area contributed by atoms with E-state index in [9.17, 15) is 20.2 Å². The lowest BCUT2D eigenvalue weighted by molar-refractivity contribution is -0.384. The number of nitrogens with zero attached hydrogens (tertiary/aromatic N) is 4. The predicted molar refractivity (Wildman–Crippen MR) is 100 cm³/mol. The number of non-ortho nitro benzene ring substituents is 1. The van der Waals surface area contributed by atoms with Crippen LogP contribution in [0.3, 0.4) is 0 Å². The summed E-state index contributed by atoms with van der Waals surface area (Å²) in [5.41, 5.74) is 4.42. The first-order valence-electron chi connectivity index (χ1n) is 8.19. The number of morpholine rings is 1. The fourth-order valence-corrected chi connectivity index (χ4v) is 2.68. The highest BCUT2D eigenvalue weighted by molar-refractivity contribution is 5.83. The first kappa shape index (κ1) is 18.3. The van der Waals surface area contributed by atoms with E-state index in [1.165, 1.54) is 36.5 Å². The predicted octanol–water partition coefficient (Wildman–Crippen LogP) is 2.79. The molecule has 27 heavy (non-hydrogen) atoms. The van der Waals surface area contributed by atoms with Gasteiger partial charge in [0, 0.05) is 36.9 Å². The van der Waals surface area contributed by atoms with Crippen LogP contribution < -0.4 is 10.3 Å².